The zero-order valence-corrected chi connectivity index (χ0v) is 27.0. The number of nitrogens with zero attached hydrogens (tertiary/aromatic N) is 1. The van der Waals surface area contributed by atoms with E-state index in [-0.39, 0.29) is 11.4 Å². The molecule has 5 aromatic carbocycles. The molecule has 0 bridgehead atoms. The molecule has 45 heavy (non-hydrogen) atoms. The summed E-state index contributed by atoms with van der Waals surface area (Å²) in [5.74, 6) is 0.949. The molecule has 0 aliphatic carbocycles. The maximum atomic E-state index is 14.6. The van der Waals surface area contributed by atoms with Crippen molar-refractivity contribution in [3.05, 3.63) is 174 Å². The molecule has 224 valence electrons. The van der Waals surface area contributed by atoms with Crippen LogP contribution in [0.4, 0.5) is 0 Å². The van der Waals surface area contributed by atoms with Gasteiger partial charge in [0.2, 0.25) is 5.91 Å². The molecule has 0 N–H and O–H groups in total. The van der Waals surface area contributed by atoms with Gasteiger partial charge in [-0.3, -0.25) is 4.79 Å². The maximum Gasteiger partial charge on any atom is 0.241 e. The highest BCUT2D eigenvalue weighted by molar-refractivity contribution is 8.01. The van der Waals surface area contributed by atoms with Crippen LogP contribution in [0.15, 0.2) is 157 Å². The number of hydrogen-bond acceptors (Lipinski definition) is 2. The van der Waals surface area contributed by atoms with Crippen molar-refractivity contribution in [2.24, 2.45) is 5.41 Å². The molecule has 1 aliphatic heterocycles. The molecule has 0 fully saturated rings. The summed E-state index contributed by atoms with van der Waals surface area (Å²) < 4.78 is 0. The Balaban J connectivity index is 1.29. The van der Waals surface area contributed by atoms with E-state index in [2.05, 4.69) is 148 Å². The Kier molecular flexibility index (Phi) is 8.91. The van der Waals surface area contributed by atoms with E-state index in [1.54, 1.807) is 11.8 Å². The molecule has 0 spiro atoms. The van der Waals surface area contributed by atoms with Crippen molar-refractivity contribution in [2.45, 2.75) is 38.5 Å². The second kappa shape index (κ2) is 13.2. The van der Waals surface area contributed by atoms with Crippen molar-refractivity contribution in [3.8, 4) is 22.3 Å². The van der Waals surface area contributed by atoms with E-state index in [1.165, 1.54) is 27.8 Å². The average Bonchev–Trinajstić information content (AvgIpc) is 3.37. The van der Waals surface area contributed by atoms with Gasteiger partial charge in [0.15, 0.2) is 0 Å². The molecule has 5 aromatic rings. The first kappa shape index (κ1) is 30.4. The Morgan fingerprint density at radius 1 is 0.600 bits per heavy atom. The van der Waals surface area contributed by atoms with Gasteiger partial charge in [-0.2, -0.15) is 0 Å². The van der Waals surface area contributed by atoms with Crippen LogP contribution >= 0.6 is 11.8 Å². The molecule has 0 radical (unpaired) electrons. The van der Waals surface area contributed by atoms with Gasteiger partial charge in [0.05, 0.1) is 5.41 Å². The molecule has 0 saturated carbocycles. The fourth-order valence-electron chi connectivity index (χ4n) is 6.00. The van der Waals surface area contributed by atoms with Crippen LogP contribution in [0.2, 0.25) is 0 Å². The predicted octanol–water partition coefficient (Wildman–Crippen LogP) is 10.7. The van der Waals surface area contributed by atoms with Crippen LogP contribution in [-0.4, -0.2) is 16.3 Å². The van der Waals surface area contributed by atoms with Crippen LogP contribution in [0.1, 0.15) is 37.5 Å². The van der Waals surface area contributed by atoms with E-state index in [0.717, 1.165) is 22.6 Å². The first-order chi connectivity index (χ1) is 21.8. The topological polar surface area (TPSA) is 20.3 Å². The summed E-state index contributed by atoms with van der Waals surface area (Å²) in [6, 6.07) is 48.6. The molecule has 2 nitrogen and oxygen atoms in total. The minimum atomic E-state index is -0.795. The molecule has 3 heteroatoms. The van der Waals surface area contributed by atoms with E-state index in [9.17, 15) is 4.79 Å². The minimum Gasteiger partial charge on any atom is -0.306 e. The van der Waals surface area contributed by atoms with Crippen molar-refractivity contribution in [2.75, 3.05) is 0 Å². The lowest BCUT2D eigenvalue weighted by Crippen LogP contribution is -2.46. The highest BCUT2D eigenvalue weighted by atomic mass is 32.2. The Morgan fingerprint density at radius 2 is 1.04 bits per heavy atom. The van der Waals surface area contributed by atoms with Crippen LogP contribution in [0.3, 0.4) is 0 Å². The average molecular weight is 606 g/mol. The Morgan fingerprint density at radius 3 is 1.53 bits per heavy atom. The second-order valence-corrected chi connectivity index (χ2v) is 13.6. The van der Waals surface area contributed by atoms with Gasteiger partial charge in [0, 0.05) is 17.0 Å². The number of amides is 1. The molecule has 1 atom stereocenters. The number of thioether (sulfide) groups is 1. The molecule has 1 unspecified atom stereocenters. The van der Waals surface area contributed by atoms with Gasteiger partial charge >= 0.3 is 0 Å². The van der Waals surface area contributed by atoms with Gasteiger partial charge in [0.25, 0.3) is 0 Å². The van der Waals surface area contributed by atoms with Crippen molar-refractivity contribution in [3.63, 3.8) is 0 Å². The largest absolute Gasteiger partial charge is 0.306 e. The normalized spacial score (nSPS) is 16.7. The second-order valence-electron chi connectivity index (χ2n) is 12.7. The van der Waals surface area contributed by atoms with E-state index in [0.29, 0.717) is 6.42 Å². The summed E-state index contributed by atoms with van der Waals surface area (Å²) in [7, 11) is 0. The molecule has 1 heterocycles. The predicted molar refractivity (Wildman–Crippen MR) is 191 cm³/mol. The number of hydrogen-bond donors (Lipinski definition) is 0. The van der Waals surface area contributed by atoms with Gasteiger partial charge in [-0.25, -0.2) is 0 Å². The van der Waals surface area contributed by atoms with E-state index >= 15 is 0 Å². The Hall–Kier alpha value is -4.60. The summed E-state index contributed by atoms with van der Waals surface area (Å²) >= 11 is 1.73. The fourth-order valence-corrected chi connectivity index (χ4v) is 6.82. The third-order valence-corrected chi connectivity index (χ3v) is 9.14. The minimum absolute atomic E-state index is 0.116. The number of carbonyl (C=O) groups excluding carboxylic acids is 1. The SMILES string of the molecule is CC(C)(C)N1C(=O)C(/C=C\SCc2ccc(-c3ccccc3)cc2)(Cc2ccc(-c3ccccc3)cc2)C=C1c1ccccc1. The van der Waals surface area contributed by atoms with Gasteiger partial charge in [-0.15, -0.1) is 11.8 Å². The standard InChI is InChI=1S/C42H39NOS/c1-41(2,3)43-39(38-17-11-6-12-18-38)30-42(40(43)44,29-32-19-23-36(24-20-32)34-13-7-4-8-14-34)27-28-45-31-33-21-25-37(26-22-33)35-15-9-5-10-16-35/h4-28,30H,29,31H2,1-3H3/b28-27-. The molecular weight excluding hydrogens is 567 g/mol. The lowest BCUT2D eigenvalue weighted by atomic mass is 9.81. The zero-order chi connectivity index (χ0) is 31.3. The maximum absolute atomic E-state index is 14.6. The van der Waals surface area contributed by atoms with E-state index < -0.39 is 5.41 Å². The summed E-state index contributed by atoms with van der Waals surface area (Å²) in [5.41, 5.74) is 8.05. The van der Waals surface area contributed by atoms with Crippen molar-refractivity contribution in [1.29, 1.82) is 0 Å². The highest BCUT2D eigenvalue weighted by Crippen LogP contribution is 2.45. The monoisotopic (exact) mass is 605 g/mol. The molecule has 6 rings (SSSR count). The molecular formula is C42H39NOS. The van der Waals surface area contributed by atoms with Gasteiger partial charge in [-0.05, 0) is 77.6 Å². The summed E-state index contributed by atoms with van der Waals surface area (Å²) in [6.45, 7) is 6.35. The van der Waals surface area contributed by atoms with Crippen LogP contribution in [-0.2, 0) is 17.0 Å². The zero-order valence-electron chi connectivity index (χ0n) is 26.2. The van der Waals surface area contributed by atoms with Crippen LogP contribution < -0.4 is 0 Å². The Bertz CT molecular complexity index is 1790. The third kappa shape index (κ3) is 6.90. The van der Waals surface area contributed by atoms with Crippen molar-refractivity contribution in [1.82, 2.24) is 4.90 Å². The fraction of sp³-hybridized carbons (Fsp3) is 0.167. The lowest BCUT2D eigenvalue weighted by molar-refractivity contribution is -0.135. The van der Waals surface area contributed by atoms with E-state index in [4.69, 9.17) is 0 Å². The number of benzene rings is 5. The van der Waals surface area contributed by atoms with Crippen LogP contribution in [0, 0.1) is 5.41 Å². The molecule has 1 amide bonds. The number of carbonyl (C=O) groups is 1. The first-order valence-corrected chi connectivity index (χ1v) is 16.6. The van der Waals surface area contributed by atoms with Gasteiger partial charge in [0.1, 0.15) is 0 Å². The highest BCUT2D eigenvalue weighted by Gasteiger charge is 2.48. The summed E-state index contributed by atoms with van der Waals surface area (Å²) in [4.78, 5) is 16.6. The molecule has 1 aliphatic rings. The third-order valence-electron chi connectivity index (χ3n) is 8.31. The lowest BCUT2D eigenvalue weighted by Gasteiger charge is -2.36. The van der Waals surface area contributed by atoms with Crippen molar-refractivity contribution < 1.29 is 4.79 Å². The summed E-state index contributed by atoms with van der Waals surface area (Å²) in [5, 5.41) is 2.13. The van der Waals surface area contributed by atoms with E-state index in [1.807, 2.05) is 35.2 Å². The quantitative estimate of drug-likeness (QED) is 0.167. The summed E-state index contributed by atoms with van der Waals surface area (Å²) in [6.07, 6.45) is 4.93. The number of rotatable bonds is 9. The molecule has 0 saturated heterocycles. The molecule has 0 aromatic heterocycles. The first-order valence-electron chi connectivity index (χ1n) is 15.5. The smallest absolute Gasteiger partial charge is 0.241 e. The van der Waals surface area contributed by atoms with Gasteiger partial charge < -0.3 is 4.90 Å². The Labute approximate surface area is 272 Å². The van der Waals surface area contributed by atoms with Crippen LogP contribution in [0.25, 0.3) is 28.0 Å². The van der Waals surface area contributed by atoms with Gasteiger partial charge in [-0.1, -0.05) is 146 Å². The van der Waals surface area contributed by atoms with Crippen LogP contribution in [0.5, 0.6) is 0 Å². The van der Waals surface area contributed by atoms with Crippen molar-refractivity contribution >= 4 is 23.4 Å².